The molecule has 4 rings (SSSR count). The van der Waals surface area contributed by atoms with Gasteiger partial charge in [-0.15, -0.1) is 0 Å². The molecule has 1 unspecified atom stereocenters. The number of carbonyl (C=O) groups excluding carboxylic acids is 1. The summed E-state index contributed by atoms with van der Waals surface area (Å²) in [6.45, 7) is 3.06. The van der Waals surface area contributed by atoms with E-state index in [1.807, 2.05) is 24.0 Å². The summed E-state index contributed by atoms with van der Waals surface area (Å²) in [6.07, 6.45) is 5.51. The van der Waals surface area contributed by atoms with E-state index in [1.165, 1.54) is 11.1 Å². The number of aromatic nitrogens is 1. The summed E-state index contributed by atoms with van der Waals surface area (Å²) in [7, 11) is 1.69. The number of methoxy groups -OCH3 is 1. The van der Waals surface area contributed by atoms with Gasteiger partial charge in [-0.2, -0.15) is 0 Å². The molecule has 2 heterocycles. The van der Waals surface area contributed by atoms with Crippen LogP contribution in [0, 0.1) is 6.92 Å². The van der Waals surface area contributed by atoms with Crippen molar-refractivity contribution in [1.29, 1.82) is 0 Å². The van der Waals surface area contributed by atoms with Crippen LogP contribution in [0.4, 0.5) is 5.69 Å². The number of rotatable bonds is 3. The zero-order chi connectivity index (χ0) is 18.1. The first-order chi connectivity index (χ1) is 12.7. The van der Waals surface area contributed by atoms with E-state index < -0.39 is 0 Å². The van der Waals surface area contributed by atoms with Crippen LogP contribution in [0.15, 0.2) is 30.5 Å². The maximum absolute atomic E-state index is 13.1. The molecule has 0 spiro atoms. The molecule has 136 valence electrons. The molecule has 0 fully saturated rings. The lowest BCUT2D eigenvalue weighted by Crippen LogP contribution is -2.39. The third kappa shape index (κ3) is 3.14. The highest BCUT2D eigenvalue weighted by Crippen LogP contribution is 2.37. The van der Waals surface area contributed by atoms with E-state index in [1.54, 1.807) is 13.3 Å². The number of anilines is 1. The Morgan fingerprint density at radius 1 is 1.38 bits per heavy atom. The second kappa shape index (κ2) is 6.98. The molecular weight excluding hydrogens is 328 g/mol. The molecule has 1 atom stereocenters. The molecule has 1 aromatic heterocycles. The highest BCUT2D eigenvalue weighted by molar-refractivity contribution is 5.95. The minimum absolute atomic E-state index is 0.149. The monoisotopic (exact) mass is 352 g/mol. The number of carbonyl (C=O) groups is 1. The Morgan fingerprint density at radius 2 is 2.27 bits per heavy atom. The van der Waals surface area contributed by atoms with Crippen molar-refractivity contribution in [2.24, 2.45) is 0 Å². The molecule has 1 aromatic carbocycles. The van der Waals surface area contributed by atoms with Crippen molar-refractivity contribution in [2.75, 3.05) is 25.2 Å². The number of amides is 1. The van der Waals surface area contributed by atoms with E-state index in [0.717, 1.165) is 36.3 Å². The quantitative estimate of drug-likeness (QED) is 0.846. The lowest BCUT2D eigenvalue weighted by molar-refractivity contribution is -0.119. The number of fused-ring (bicyclic) bond motifs is 2. The number of hydrogen-bond acceptors (Lipinski definition) is 4. The van der Waals surface area contributed by atoms with Crippen LogP contribution >= 0.6 is 0 Å². The van der Waals surface area contributed by atoms with Gasteiger partial charge in [0.1, 0.15) is 18.0 Å². The molecule has 1 aliphatic heterocycles. The van der Waals surface area contributed by atoms with Crippen LogP contribution in [0.5, 0.6) is 11.6 Å². The van der Waals surface area contributed by atoms with Crippen molar-refractivity contribution in [3.05, 3.63) is 47.2 Å². The average Bonchev–Trinajstić information content (AvgIpc) is 2.67. The maximum Gasteiger partial charge on any atom is 0.238 e. The predicted octanol–water partition coefficient (Wildman–Crippen LogP) is 3.63. The maximum atomic E-state index is 13.1. The van der Waals surface area contributed by atoms with E-state index in [9.17, 15) is 4.79 Å². The van der Waals surface area contributed by atoms with Gasteiger partial charge in [-0.25, -0.2) is 4.98 Å². The summed E-state index contributed by atoms with van der Waals surface area (Å²) < 4.78 is 11.0. The van der Waals surface area contributed by atoms with Gasteiger partial charge in [0.15, 0.2) is 0 Å². The van der Waals surface area contributed by atoms with Crippen LogP contribution in [0.2, 0.25) is 0 Å². The van der Waals surface area contributed by atoms with Crippen molar-refractivity contribution >= 4 is 11.6 Å². The molecule has 5 nitrogen and oxygen atoms in total. The fraction of sp³-hybridized carbons (Fsp3) is 0.429. The molecule has 0 bridgehead atoms. The second-order valence-corrected chi connectivity index (χ2v) is 7.09. The fourth-order valence-corrected chi connectivity index (χ4v) is 4.01. The SMILES string of the molecule is COc1ccc2c(c1)CCCC2CC(=O)N1CCOc2ncc(C)cc21. The topological polar surface area (TPSA) is 51.7 Å². The van der Waals surface area contributed by atoms with Gasteiger partial charge < -0.3 is 14.4 Å². The van der Waals surface area contributed by atoms with Crippen molar-refractivity contribution in [1.82, 2.24) is 4.98 Å². The Bertz CT molecular complexity index is 834. The fourth-order valence-electron chi connectivity index (χ4n) is 4.01. The third-order valence-corrected chi connectivity index (χ3v) is 5.32. The minimum atomic E-state index is 0.149. The van der Waals surface area contributed by atoms with Crippen LogP contribution in [0.1, 0.15) is 41.9 Å². The molecule has 0 saturated carbocycles. The molecule has 1 aliphatic carbocycles. The molecule has 0 radical (unpaired) electrons. The lowest BCUT2D eigenvalue weighted by atomic mass is 9.80. The molecule has 2 aromatic rings. The number of pyridine rings is 1. The molecule has 26 heavy (non-hydrogen) atoms. The first kappa shape index (κ1) is 16.9. The molecule has 2 aliphatic rings. The van der Waals surface area contributed by atoms with Crippen LogP contribution < -0.4 is 14.4 Å². The Hall–Kier alpha value is -2.56. The van der Waals surface area contributed by atoms with Crippen LogP contribution in [0.25, 0.3) is 0 Å². The van der Waals surface area contributed by atoms with Gasteiger partial charge in [0.05, 0.1) is 13.7 Å². The number of hydrogen-bond donors (Lipinski definition) is 0. The largest absolute Gasteiger partial charge is 0.497 e. The zero-order valence-corrected chi connectivity index (χ0v) is 15.3. The molecule has 5 heteroatoms. The summed E-state index contributed by atoms with van der Waals surface area (Å²) in [5.74, 6) is 1.86. The predicted molar refractivity (Wildman–Crippen MR) is 100 cm³/mol. The molecule has 0 N–H and O–H groups in total. The Kier molecular flexibility index (Phi) is 4.53. The summed E-state index contributed by atoms with van der Waals surface area (Å²) >= 11 is 0. The van der Waals surface area contributed by atoms with Gasteiger partial charge in [0, 0.05) is 12.6 Å². The second-order valence-electron chi connectivity index (χ2n) is 7.09. The van der Waals surface area contributed by atoms with Crippen LogP contribution in [0.3, 0.4) is 0 Å². The van der Waals surface area contributed by atoms with Gasteiger partial charge >= 0.3 is 0 Å². The van der Waals surface area contributed by atoms with Crippen LogP contribution in [-0.4, -0.2) is 31.2 Å². The van der Waals surface area contributed by atoms with E-state index in [-0.39, 0.29) is 11.8 Å². The van der Waals surface area contributed by atoms with E-state index in [2.05, 4.69) is 17.1 Å². The lowest BCUT2D eigenvalue weighted by Gasteiger charge is -2.31. The normalized spacial score (nSPS) is 18.5. The first-order valence-corrected chi connectivity index (χ1v) is 9.22. The smallest absolute Gasteiger partial charge is 0.238 e. The highest BCUT2D eigenvalue weighted by Gasteiger charge is 2.29. The average molecular weight is 352 g/mol. The Balaban J connectivity index is 1.56. The summed E-state index contributed by atoms with van der Waals surface area (Å²) in [4.78, 5) is 19.3. The first-order valence-electron chi connectivity index (χ1n) is 9.22. The van der Waals surface area contributed by atoms with Gasteiger partial charge in [0.25, 0.3) is 0 Å². The molecule has 0 saturated heterocycles. The van der Waals surface area contributed by atoms with Crippen molar-refractivity contribution in [2.45, 2.75) is 38.5 Å². The van der Waals surface area contributed by atoms with Gasteiger partial charge in [-0.3, -0.25) is 4.79 Å². The van der Waals surface area contributed by atoms with Crippen molar-refractivity contribution in [3.8, 4) is 11.6 Å². The summed E-state index contributed by atoms with van der Waals surface area (Å²) in [5, 5.41) is 0. The van der Waals surface area contributed by atoms with E-state index in [0.29, 0.717) is 25.5 Å². The molecule has 1 amide bonds. The Morgan fingerprint density at radius 3 is 3.12 bits per heavy atom. The van der Waals surface area contributed by atoms with E-state index >= 15 is 0 Å². The van der Waals surface area contributed by atoms with Crippen LogP contribution in [-0.2, 0) is 11.2 Å². The standard InChI is InChI=1S/C21H24N2O3/c1-14-10-19-21(22-13-14)26-9-8-23(19)20(24)12-16-5-3-4-15-11-17(25-2)6-7-18(15)16/h6-7,10-11,13,16H,3-5,8-9,12H2,1-2H3. The van der Waals surface area contributed by atoms with Gasteiger partial charge in [-0.1, -0.05) is 6.07 Å². The van der Waals surface area contributed by atoms with Gasteiger partial charge in [-0.05, 0) is 67.0 Å². The minimum Gasteiger partial charge on any atom is -0.497 e. The highest BCUT2D eigenvalue weighted by atomic mass is 16.5. The number of aryl methyl sites for hydroxylation is 2. The van der Waals surface area contributed by atoms with Crippen molar-refractivity contribution < 1.29 is 14.3 Å². The number of ether oxygens (including phenoxy) is 2. The summed E-state index contributed by atoms with van der Waals surface area (Å²) in [5.41, 5.74) is 4.43. The zero-order valence-electron chi connectivity index (χ0n) is 15.3. The van der Waals surface area contributed by atoms with Gasteiger partial charge in [0.2, 0.25) is 11.8 Å². The number of nitrogens with zero attached hydrogens (tertiary/aromatic N) is 2. The number of benzene rings is 1. The Labute approximate surface area is 153 Å². The molecular formula is C21H24N2O3. The van der Waals surface area contributed by atoms with Crippen molar-refractivity contribution in [3.63, 3.8) is 0 Å². The van der Waals surface area contributed by atoms with E-state index in [4.69, 9.17) is 9.47 Å². The summed E-state index contributed by atoms with van der Waals surface area (Å²) in [6, 6.07) is 8.23. The third-order valence-electron chi connectivity index (χ3n) is 5.32.